The van der Waals surface area contributed by atoms with Crippen LogP contribution in [-0.4, -0.2) is 65.4 Å². The van der Waals surface area contributed by atoms with Gasteiger partial charge in [-0.2, -0.15) is 9.37 Å². The van der Waals surface area contributed by atoms with Crippen LogP contribution in [0.3, 0.4) is 0 Å². The summed E-state index contributed by atoms with van der Waals surface area (Å²) in [6, 6.07) is 0. The molecule has 0 bridgehead atoms. The number of β-amino-alcohol motifs (C(OH)–C–C–N with tert-alkyl or cyclic N) is 1. The second kappa shape index (κ2) is 6.34. The van der Waals surface area contributed by atoms with Crippen LogP contribution < -0.4 is 9.64 Å². The molecular formula is C15H23FN4O2. The van der Waals surface area contributed by atoms with E-state index in [1.54, 1.807) is 0 Å². The number of nitrogens with zero attached hydrogens (tertiary/aromatic N) is 4. The Labute approximate surface area is 129 Å². The van der Waals surface area contributed by atoms with Gasteiger partial charge in [-0.3, -0.25) is 0 Å². The van der Waals surface area contributed by atoms with Gasteiger partial charge in [0.15, 0.2) is 0 Å². The third-order valence-corrected chi connectivity index (χ3v) is 4.59. The van der Waals surface area contributed by atoms with Gasteiger partial charge in [0.05, 0.1) is 18.9 Å². The van der Waals surface area contributed by atoms with Crippen LogP contribution in [0.4, 0.5) is 10.3 Å². The zero-order valence-corrected chi connectivity index (χ0v) is 13.0. The summed E-state index contributed by atoms with van der Waals surface area (Å²) in [6.45, 7) is 4.25. The minimum atomic E-state index is -0.634. The van der Waals surface area contributed by atoms with E-state index < -0.39 is 11.4 Å². The van der Waals surface area contributed by atoms with Crippen LogP contribution in [0, 0.1) is 5.82 Å². The topological polar surface area (TPSA) is 61.7 Å². The van der Waals surface area contributed by atoms with Gasteiger partial charge < -0.3 is 19.6 Å². The molecule has 3 heterocycles. The predicted octanol–water partition coefficient (Wildman–Crippen LogP) is 1.05. The van der Waals surface area contributed by atoms with E-state index in [1.165, 1.54) is 20.0 Å². The smallest absolute Gasteiger partial charge is 0.255 e. The summed E-state index contributed by atoms with van der Waals surface area (Å²) in [4.78, 5) is 12.4. The summed E-state index contributed by atoms with van der Waals surface area (Å²) in [5.74, 6) is -0.141. The van der Waals surface area contributed by atoms with Crippen molar-refractivity contribution in [2.75, 3.05) is 44.7 Å². The van der Waals surface area contributed by atoms with E-state index in [0.717, 1.165) is 25.8 Å². The van der Waals surface area contributed by atoms with Crippen molar-refractivity contribution in [3.05, 3.63) is 12.0 Å². The molecule has 3 rings (SSSR count). The molecule has 0 atom stereocenters. The molecule has 2 saturated heterocycles. The number of aromatic nitrogens is 2. The number of aliphatic hydroxyl groups is 1. The van der Waals surface area contributed by atoms with Gasteiger partial charge in [-0.1, -0.05) is 0 Å². The molecule has 0 aromatic carbocycles. The van der Waals surface area contributed by atoms with Crippen molar-refractivity contribution in [1.82, 2.24) is 14.9 Å². The van der Waals surface area contributed by atoms with Crippen LogP contribution in [-0.2, 0) is 0 Å². The van der Waals surface area contributed by atoms with E-state index in [1.807, 2.05) is 4.90 Å². The number of rotatable bonds is 4. The molecule has 0 saturated carbocycles. The van der Waals surface area contributed by atoms with Crippen molar-refractivity contribution < 1.29 is 14.2 Å². The monoisotopic (exact) mass is 310 g/mol. The number of halogens is 1. The maximum atomic E-state index is 13.4. The fourth-order valence-electron chi connectivity index (χ4n) is 3.28. The molecule has 6 nitrogen and oxygen atoms in total. The van der Waals surface area contributed by atoms with Gasteiger partial charge >= 0.3 is 0 Å². The summed E-state index contributed by atoms with van der Waals surface area (Å²) in [5, 5.41) is 10.7. The minimum absolute atomic E-state index is 0.0390. The maximum absolute atomic E-state index is 13.4. The number of piperidine rings is 1. The fraction of sp³-hybridized carbons (Fsp3) is 0.733. The predicted molar refractivity (Wildman–Crippen MR) is 80.6 cm³/mol. The molecule has 22 heavy (non-hydrogen) atoms. The molecule has 0 amide bonds. The Morgan fingerprint density at radius 2 is 1.95 bits per heavy atom. The number of hydrogen-bond donors (Lipinski definition) is 1. The molecule has 2 fully saturated rings. The standard InChI is InChI=1S/C15H23FN4O2/c1-22-13-12(16)10-17-14(18-13)20-8-4-15(21,5-9-20)11-19-6-2-3-7-19/h10,21H,2-9,11H2,1H3. The maximum Gasteiger partial charge on any atom is 0.255 e. The normalized spacial score (nSPS) is 22.0. The lowest BCUT2D eigenvalue weighted by Crippen LogP contribution is -2.50. The SMILES string of the molecule is COc1nc(N2CCC(O)(CN3CCCC3)CC2)ncc1F. The van der Waals surface area contributed by atoms with Crippen LogP contribution in [0.2, 0.25) is 0 Å². The molecule has 0 spiro atoms. The van der Waals surface area contributed by atoms with Crippen molar-refractivity contribution in [1.29, 1.82) is 0 Å². The van der Waals surface area contributed by atoms with E-state index in [4.69, 9.17) is 4.74 Å². The van der Waals surface area contributed by atoms with Gasteiger partial charge in [0.1, 0.15) is 0 Å². The molecule has 1 aromatic heterocycles. The molecule has 2 aliphatic rings. The number of likely N-dealkylation sites (tertiary alicyclic amines) is 1. The minimum Gasteiger partial charge on any atom is -0.479 e. The van der Waals surface area contributed by atoms with E-state index in [0.29, 0.717) is 31.9 Å². The fourth-order valence-corrected chi connectivity index (χ4v) is 3.28. The molecule has 0 unspecified atom stereocenters. The zero-order chi connectivity index (χ0) is 15.6. The van der Waals surface area contributed by atoms with Gasteiger partial charge in [0, 0.05) is 19.6 Å². The van der Waals surface area contributed by atoms with E-state index in [-0.39, 0.29) is 5.88 Å². The first-order valence-corrected chi connectivity index (χ1v) is 7.86. The lowest BCUT2D eigenvalue weighted by Gasteiger charge is -2.40. The largest absolute Gasteiger partial charge is 0.479 e. The Hall–Kier alpha value is -1.47. The average molecular weight is 310 g/mol. The first-order chi connectivity index (χ1) is 10.6. The van der Waals surface area contributed by atoms with E-state index >= 15 is 0 Å². The molecule has 122 valence electrons. The second-order valence-corrected chi connectivity index (χ2v) is 6.22. The third-order valence-electron chi connectivity index (χ3n) is 4.59. The zero-order valence-electron chi connectivity index (χ0n) is 13.0. The highest BCUT2D eigenvalue weighted by molar-refractivity contribution is 5.33. The first kappa shape index (κ1) is 15.4. The highest BCUT2D eigenvalue weighted by atomic mass is 19.1. The van der Waals surface area contributed by atoms with E-state index in [9.17, 15) is 9.50 Å². The molecule has 0 aliphatic carbocycles. The van der Waals surface area contributed by atoms with Crippen LogP contribution in [0.5, 0.6) is 5.88 Å². The molecule has 1 N–H and O–H groups in total. The lowest BCUT2D eigenvalue weighted by molar-refractivity contribution is -0.0113. The number of methoxy groups -OCH3 is 1. The second-order valence-electron chi connectivity index (χ2n) is 6.22. The van der Waals surface area contributed by atoms with Crippen molar-refractivity contribution in [3.8, 4) is 5.88 Å². The van der Waals surface area contributed by atoms with Crippen LogP contribution in [0.1, 0.15) is 25.7 Å². The summed E-state index contributed by atoms with van der Waals surface area (Å²) >= 11 is 0. The van der Waals surface area contributed by atoms with Gasteiger partial charge in [-0.25, -0.2) is 4.98 Å². The van der Waals surface area contributed by atoms with Crippen molar-refractivity contribution in [2.24, 2.45) is 0 Å². The Kier molecular flexibility index (Phi) is 4.44. The Morgan fingerprint density at radius 3 is 2.59 bits per heavy atom. The van der Waals surface area contributed by atoms with Crippen molar-refractivity contribution >= 4 is 5.95 Å². The van der Waals surface area contributed by atoms with E-state index in [2.05, 4.69) is 14.9 Å². The Balaban J connectivity index is 1.61. The average Bonchev–Trinajstić information content (AvgIpc) is 3.01. The van der Waals surface area contributed by atoms with Crippen molar-refractivity contribution in [2.45, 2.75) is 31.3 Å². The molecule has 7 heteroatoms. The molecule has 0 radical (unpaired) electrons. The third kappa shape index (κ3) is 3.30. The first-order valence-electron chi connectivity index (χ1n) is 7.86. The summed E-state index contributed by atoms with van der Waals surface area (Å²) in [5.41, 5.74) is -0.634. The summed E-state index contributed by atoms with van der Waals surface area (Å²) in [6.07, 6.45) is 4.93. The van der Waals surface area contributed by atoms with Crippen LogP contribution in [0.25, 0.3) is 0 Å². The Morgan fingerprint density at radius 1 is 1.27 bits per heavy atom. The Bertz CT molecular complexity index is 514. The number of hydrogen-bond acceptors (Lipinski definition) is 6. The summed E-state index contributed by atoms with van der Waals surface area (Å²) in [7, 11) is 1.39. The quantitative estimate of drug-likeness (QED) is 0.897. The van der Waals surface area contributed by atoms with Crippen LogP contribution >= 0.6 is 0 Å². The molecule has 1 aromatic rings. The molecule has 2 aliphatic heterocycles. The van der Waals surface area contributed by atoms with Crippen LogP contribution in [0.15, 0.2) is 6.20 Å². The lowest BCUT2D eigenvalue weighted by atomic mass is 9.91. The summed E-state index contributed by atoms with van der Waals surface area (Å²) < 4.78 is 18.3. The van der Waals surface area contributed by atoms with Gasteiger partial charge in [-0.15, -0.1) is 0 Å². The van der Waals surface area contributed by atoms with Crippen molar-refractivity contribution in [3.63, 3.8) is 0 Å². The highest BCUT2D eigenvalue weighted by Gasteiger charge is 2.35. The number of ether oxygens (including phenoxy) is 1. The number of anilines is 1. The molecular weight excluding hydrogens is 287 g/mol. The van der Waals surface area contributed by atoms with Gasteiger partial charge in [-0.05, 0) is 38.8 Å². The van der Waals surface area contributed by atoms with Gasteiger partial charge in [0.2, 0.25) is 11.8 Å². The highest BCUT2D eigenvalue weighted by Crippen LogP contribution is 2.27. The van der Waals surface area contributed by atoms with Gasteiger partial charge in [0.25, 0.3) is 5.88 Å².